The minimum atomic E-state index is 0.348. The molecule has 2 N–H and O–H groups in total. The average molecular weight is 271 g/mol. The predicted molar refractivity (Wildman–Crippen MR) is 81.3 cm³/mol. The van der Waals surface area contributed by atoms with Crippen molar-refractivity contribution in [3.05, 3.63) is 0 Å². The van der Waals surface area contributed by atoms with Crippen molar-refractivity contribution in [2.45, 2.75) is 77.6 Å². The summed E-state index contributed by atoms with van der Waals surface area (Å²) in [5.74, 6) is 0.348. The first-order chi connectivity index (χ1) is 9.31. The van der Waals surface area contributed by atoms with Gasteiger partial charge in [-0.1, -0.05) is 39.0 Å². The largest absolute Gasteiger partial charge is 0.381 e. The molecule has 0 aromatic rings. The fourth-order valence-electron chi connectivity index (χ4n) is 2.04. The molecule has 0 aliphatic rings. The number of rotatable bonds is 15. The van der Waals surface area contributed by atoms with Crippen LogP contribution in [-0.4, -0.2) is 25.5 Å². The molecule has 0 fully saturated rings. The lowest BCUT2D eigenvalue weighted by molar-refractivity contribution is -0.119. The zero-order valence-corrected chi connectivity index (χ0v) is 12.8. The van der Waals surface area contributed by atoms with Gasteiger partial charge in [-0.3, -0.25) is 4.79 Å². The van der Waals surface area contributed by atoms with E-state index in [2.05, 4.69) is 6.92 Å². The summed E-state index contributed by atoms with van der Waals surface area (Å²) in [4.78, 5) is 11.4. The number of Topliss-reactive ketones (excluding diaryl/α,β-unsaturated/α-hetero) is 1. The van der Waals surface area contributed by atoms with Crippen LogP contribution in [0.2, 0.25) is 0 Å². The number of ether oxygens (including phenoxy) is 1. The molecule has 3 nitrogen and oxygen atoms in total. The highest BCUT2D eigenvalue weighted by molar-refractivity contribution is 5.78. The number of ketones is 1. The summed E-state index contributed by atoms with van der Waals surface area (Å²) < 4.78 is 5.57. The third-order valence-electron chi connectivity index (χ3n) is 3.30. The maximum atomic E-state index is 11.4. The molecule has 0 aliphatic carbocycles. The Morgan fingerprint density at radius 1 is 0.842 bits per heavy atom. The molecule has 0 aliphatic heterocycles. The van der Waals surface area contributed by atoms with Gasteiger partial charge in [-0.2, -0.15) is 0 Å². The predicted octanol–water partition coefficient (Wildman–Crippen LogP) is 3.84. The van der Waals surface area contributed by atoms with Crippen LogP contribution in [0.1, 0.15) is 77.6 Å². The van der Waals surface area contributed by atoms with Gasteiger partial charge >= 0.3 is 0 Å². The highest BCUT2D eigenvalue weighted by Gasteiger charge is 2.00. The van der Waals surface area contributed by atoms with Gasteiger partial charge in [0, 0.05) is 26.1 Å². The quantitative estimate of drug-likeness (QED) is 0.460. The fourth-order valence-corrected chi connectivity index (χ4v) is 2.04. The van der Waals surface area contributed by atoms with E-state index in [1.807, 2.05) is 0 Å². The van der Waals surface area contributed by atoms with Crippen molar-refractivity contribution < 1.29 is 9.53 Å². The Kier molecular flexibility index (Phi) is 15.3. The second-order valence-corrected chi connectivity index (χ2v) is 5.27. The van der Waals surface area contributed by atoms with E-state index in [4.69, 9.17) is 10.5 Å². The van der Waals surface area contributed by atoms with Crippen molar-refractivity contribution in [3.8, 4) is 0 Å². The number of nitrogens with two attached hydrogens (primary N) is 1. The number of hydrogen-bond acceptors (Lipinski definition) is 3. The van der Waals surface area contributed by atoms with Gasteiger partial charge in [-0.15, -0.1) is 0 Å². The molecular weight excluding hydrogens is 238 g/mol. The third-order valence-corrected chi connectivity index (χ3v) is 3.30. The summed E-state index contributed by atoms with van der Waals surface area (Å²) in [5.41, 5.74) is 5.37. The summed E-state index contributed by atoms with van der Waals surface area (Å²) in [7, 11) is 0. The Balaban J connectivity index is 3.04. The van der Waals surface area contributed by atoms with E-state index < -0.39 is 0 Å². The molecule has 0 bridgehead atoms. The van der Waals surface area contributed by atoms with E-state index >= 15 is 0 Å². The molecule has 0 heterocycles. The van der Waals surface area contributed by atoms with Crippen molar-refractivity contribution in [1.29, 1.82) is 0 Å². The second kappa shape index (κ2) is 15.6. The van der Waals surface area contributed by atoms with Crippen LogP contribution in [0.15, 0.2) is 0 Å². The van der Waals surface area contributed by atoms with Crippen LogP contribution >= 0.6 is 0 Å². The molecule has 3 heteroatoms. The molecule has 0 saturated heterocycles. The first-order valence-corrected chi connectivity index (χ1v) is 8.10. The molecule has 0 aromatic heterocycles. The summed E-state index contributed by atoms with van der Waals surface area (Å²) >= 11 is 0. The van der Waals surface area contributed by atoms with E-state index in [1.54, 1.807) is 0 Å². The molecule has 0 aromatic carbocycles. The highest BCUT2D eigenvalue weighted by Crippen LogP contribution is 2.05. The van der Waals surface area contributed by atoms with Crippen LogP contribution in [-0.2, 0) is 9.53 Å². The molecule has 0 amide bonds. The normalized spacial score (nSPS) is 10.8. The number of carbonyl (C=O) groups is 1. The van der Waals surface area contributed by atoms with Crippen molar-refractivity contribution in [1.82, 2.24) is 0 Å². The monoisotopic (exact) mass is 271 g/mol. The summed E-state index contributed by atoms with van der Waals surface area (Å²) in [5, 5.41) is 0. The van der Waals surface area contributed by atoms with Crippen LogP contribution in [0.5, 0.6) is 0 Å². The van der Waals surface area contributed by atoms with Gasteiger partial charge in [0.1, 0.15) is 5.78 Å². The zero-order chi connectivity index (χ0) is 14.2. The summed E-state index contributed by atoms with van der Waals surface area (Å²) in [6, 6.07) is 0. The van der Waals surface area contributed by atoms with Gasteiger partial charge < -0.3 is 10.5 Å². The van der Waals surface area contributed by atoms with Crippen LogP contribution in [0.3, 0.4) is 0 Å². The summed E-state index contributed by atoms with van der Waals surface area (Å²) in [6.07, 6.45) is 12.0. The first-order valence-electron chi connectivity index (χ1n) is 8.10. The lowest BCUT2D eigenvalue weighted by atomic mass is 10.1. The molecule has 0 radical (unpaired) electrons. The van der Waals surface area contributed by atoms with Gasteiger partial charge in [0.05, 0.1) is 0 Å². The fraction of sp³-hybridized carbons (Fsp3) is 0.938. The van der Waals surface area contributed by atoms with Gasteiger partial charge in [0.25, 0.3) is 0 Å². The van der Waals surface area contributed by atoms with Gasteiger partial charge in [0.2, 0.25) is 0 Å². The van der Waals surface area contributed by atoms with Crippen molar-refractivity contribution >= 4 is 5.78 Å². The molecule has 114 valence electrons. The van der Waals surface area contributed by atoms with E-state index in [0.717, 1.165) is 32.5 Å². The lowest BCUT2D eigenvalue weighted by Gasteiger charge is -2.04. The standard InChI is InChI=1S/C16H33NO2/c1-2-3-4-5-6-8-14-19-15-9-7-11-16(18)12-10-13-17/h2-15,17H2,1H3. The average Bonchev–Trinajstić information content (AvgIpc) is 2.42. The zero-order valence-electron chi connectivity index (χ0n) is 12.8. The van der Waals surface area contributed by atoms with Crippen LogP contribution < -0.4 is 5.73 Å². The van der Waals surface area contributed by atoms with Gasteiger partial charge in [-0.25, -0.2) is 0 Å². The Morgan fingerprint density at radius 2 is 1.42 bits per heavy atom. The van der Waals surface area contributed by atoms with Crippen LogP contribution in [0, 0.1) is 0 Å². The van der Waals surface area contributed by atoms with Crippen molar-refractivity contribution in [2.24, 2.45) is 5.73 Å². The molecule has 0 saturated carbocycles. The van der Waals surface area contributed by atoms with Crippen molar-refractivity contribution in [2.75, 3.05) is 19.8 Å². The second-order valence-electron chi connectivity index (χ2n) is 5.27. The Morgan fingerprint density at radius 3 is 2.11 bits per heavy atom. The van der Waals surface area contributed by atoms with Crippen molar-refractivity contribution in [3.63, 3.8) is 0 Å². The number of carbonyl (C=O) groups excluding carboxylic acids is 1. The lowest BCUT2D eigenvalue weighted by Crippen LogP contribution is -2.05. The SMILES string of the molecule is CCCCCCCCOCCCCC(=O)CCCN. The molecule has 19 heavy (non-hydrogen) atoms. The number of hydrogen-bond donors (Lipinski definition) is 1. The third kappa shape index (κ3) is 15.5. The van der Waals surface area contributed by atoms with E-state index in [1.165, 1.54) is 38.5 Å². The minimum absolute atomic E-state index is 0.348. The Hall–Kier alpha value is -0.410. The maximum absolute atomic E-state index is 11.4. The van der Waals surface area contributed by atoms with Gasteiger partial charge in [-0.05, 0) is 32.2 Å². The number of unbranched alkanes of at least 4 members (excludes halogenated alkanes) is 6. The molecule has 0 rings (SSSR count). The Labute approximate surface area is 119 Å². The minimum Gasteiger partial charge on any atom is -0.381 e. The maximum Gasteiger partial charge on any atom is 0.132 e. The molecule has 0 spiro atoms. The van der Waals surface area contributed by atoms with Crippen LogP contribution in [0.4, 0.5) is 0 Å². The molecule has 0 atom stereocenters. The Bertz CT molecular complexity index is 195. The first kappa shape index (κ1) is 18.6. The van der Waals surface area contributed by atoms with E-state index in [9.17, 15) is 4.79 Å². The molecule has 0 unspecified atom stereocenters. The van der Waals surface area contributed by atoms with E-state index in [-0.39, 0.29) is 0 Å². The summed E-state index contributed by atoms with van der Waals surface area (Å²) in [6.45, 7) is 4.55. The molecular formula is C16H33NO2. The smallest absolute Gasteiger partial charge is 0.132 e. The van der Waals surface area contributed by atoms with Gasteiger partial charge in [0.15, 0.2) is 0 Å². The highest BCUT2D eigenvalue weighted by atomic mass is 16.5. The van der Waals surface area contributed by atoms with Crippen LogP contribution in [0.25, 0.3) is 0 Å². The topological polar surface area (TPSA) is 52.3 Å². The van der Waals surface area contributed by atoms with E-state index in [0.29, 0.717) is 25.2 Å².